The molecule has 0 radical (unpaired) electrons. The third-order valence-corrected chi connectivity index (χ3v) is 7.50. The highest BCUT2D eigenvalue weighted by molar-refractivity contribution is 9.10. The van der Waals surface area contributed by atoms with Gasteiger partial charge in [-0.3, -0.25) is 9.79 Å². The van der Waals surface area contributed by atoms with Gasteiger partial charge in [0.05, 0.1) is 18.6 Å². The molecule has 2 heterocycles. The Morgan fingerprint density at radius 1 is 1.21 bits per heavy atom. The highest BCUT2D eigenvalue weighted by atomic mass is 79.9. The highest BCUT2D eigenvalue weighted by Gasteiger charge is 2.43. The molecule has 3 unspecified atom stereocenters. The summed E-state index contributed by atoms with van der Waals surface area (Å²) in [5.41, 5.74) is 2.95. The summed E-state index contributed by atoms with van der Waals surface area (Å²) in [4.78, 5) is 22.6. The fraction of sp³-hybridized carbons (Fsp3) is 0.462. The number of phenolic OH excluding ortho intramolecular Hbond substituents is 1. The Balaban J connectivity index is 1.48. The van der Waals surface area contributed by atoms with Crippen LogP contribution in [0.2, 0.25) is 0 Å². The average Bonchev–Trinajstić information content (AvgIpc) is 3.31. The van der Waals surface area contributed by atoms with Gasteiger partial charge >= 0.3 is 0 Å². The minimum atomic E-state index is -0.0669. The van der Waals surface area contributed by atoms with Crippen LogP contribution in [0.4, 0.5) is 0 Å². The molecule has 0 bridgehead atoms. The van der Waals surface area contributed by atoms with Crippen LogP contribution in [-0.4, -0.2) is 64.5 Å². The van der Waals surface area contributed by atoms with E-state index < -0.39 is 0 Å². The molecule has 2 N–H and O–H groups in total. The maximum absolute atomic E-state index is 12.9. The topological polar surface area (TPSA) is 68.2 Å². The lowest BCUT2D eigenvalue weighted by molar-refractivity contribution is 0.0933. The first-order valence-electron chi connectivity index (χ1n) is 11.7. The zero-order chi connectivity index (χ0) is 23.7. The van der Waals surface area contributed by atoms with Crippen LogP contribution in [0.1, 0.15) is 42.3 Å². The molecule has 0 aliphatic carbocycles. The molecular formula is C26H33BrN4O2. The number of aryl methyl sites for hydroxylation is 1. The number of halogens is 1. The molecule has 33 heavy (non-hydrogen) atoms. The predicted octanol–water partition coefficient (Wildman–Crippen LogP) is 4.20. The number of rotatable bonds is 7. The zero-order valence-electron chi connectivity index (χ0n) is 19.8. The van der Waals surface area contributed by atoms with Crippen molar-refractivity contribution >= 4 is 27.8 Å². The third-order valence-electron chi connectivity index (χ3n) is 6.64. The van der Waals surface area contributed by atoms with Crippen molar-refractivity contribution < 1.29 is 9.90 Å². The van der Waals surface area contributed by atoms with Crippen LogP contribution >= 0.6 is 15.9 Å². The Hall–Kier alpha value is -2.54. The summed E-state index contributed by atoms with van der Waals surface area (Å²) in [5, 5.41) is 12.8. The van der Waals surface area contributed by atoms with Gasteiger partial charge in [0.2, 0.25) is 0 Å². The molecule has 2 aromatic carbocycles. The van der Waals surface area contributed by atoms with E-state index in [4.69, 9.17) is 4.99 Å². The molecule has 1 fully saturated rings. The minimum Gasteiger partial charge on any atom is -0.508 e. The number of carbonyl (C=O) groups excluding carboxylic acids is 1. The van der Waals surface area contributed by atoms with E-state index in [9.17, 15) is 9.90 Å². The first-order chi connectivity index (χ1) is 15.7. The number of amides is 1. The number of hydrogen-bond acceptors (Lipinski definition) is 5. The van der Waals surface area contributed by atoms with Crippen molar-refractivity contribution in [1.29, 1.82) is 0 Å². The molecule has 2 aliphatic heterocycles. The summed E-state index contributed by atoms with van der Waals surface area (Å²) in [6.07, 6.45) is 0.867. The van der Waals surface area contributed by atoms with Crippen LogP contribution in [0, 0.1) is 12.8 Å². The first-order valence-corrected chi connectivity index (χ1v) is 12.4. The lowest BCUT2D eigenvalue weighted by Crippen LogP contribution is -2.46. The van der Waals surface area contributed by atoms with Gasteiger partial charge in [-0.15, -0.1) is 0 Å². The number of guanidine groups is 1. The largest absolute Gasteiger partial charge is 0.508 e. The van der Waals surface area contributed by atoms with E-state index >= 15 is 0 Å². The fourth-order valence-corrected chi connectivity index (χ4v) is 5.12. The van der Waals surface area contributed by atoms with E-state index in [-0.39, 0.29) is 23.7 Å². The molecule has 1 amide bonds. The molecule has 176 valence electrons. The first kappa shape index (κ1) is 23.6. The average molecular weight is 513 g/mol. The maximum atomic E-state index is 12.9. The predicted molar refractivity (Wildman–Crippen MR) is 136 cm³/mol. The number of benzene rings is 2. The lowest BCUT2D eigenvalue weighted by Gasteiger charge is -2.29. The second kappa shape index (κ2) is 9.75. The monoisotopic (exact) mass is 512 g/mol. The smallest absolute Gasteiger partial charge is 0.251 e. The Bertz CT molecular complexity index is 1040. The van der Waals surface area contributed by atoms with Crippen molar-refractivity contribution in [3.05, 3.63) is 63.6 Å². The van der Waals surface area contributed by atoms with Crippen LogP contribution in [0.3, 0.4) is 0 Å². The van der Waals surface area contributed by atoms with Gasteiger partial charge in [0.25, 0.3) is 5.91 Å². The molecule has 1 saturated heterocycles. The second-order valence-corrected chi connectivity index (χ2v) is 10.5. The Labute approximate surface area is 204 Å². The summed E-state index contributed by atoms with van der Waals surface area (Å²) in [7, 11) is 0. The molecule has 6 nitrogen and oxygen atoms in total. The van der Waals surface area contributed by atoms with Crippen molar-refractivity contribution in [2.75, 3.05) is 19.6 Å². The van der Waals surface area contributed by atoms with E-state index in [1.807, 2.05) is 37.3 Å². The van der Waals surface area contributed by atoms with Crippen molar-refractivity contribution in [2.45, 2.75) is 52.2 Å². The standard InChI is InChI=1S/C26H33BrN4O2/c1-16(2)24-13-28-26-30(21(15-31(24)26)11-19-6-9-22(32)10-7-19)14-18(4)29-25(33)20-8-5-17(3)23(27)12-20/h5-10,12,16,18,21,24,32H,11,13-15H2,1-4H3,(H,29,33). The molecule has 7 heteroatoms. The quantitative estimate of drug-likeness (QED) is 0.583. The molecule has 2 aliphatic rings. The van der Waals surface area contributed by atoms with Crippen molar-refractivity contribution in [2.24, 2.45) is 10.9 Å². The molecule has 2 aromatic rings. The fourth-order valence-electron chi connectivity index (χ4n) is 4.74. The van der Waals surface area contributed by atoms with E-state index in [0.717, 1.165) is 35.5 Å². The van der Waals surface area contributed by atoms with Crippen molar-refractivity contribution in [3.63, 3.8) is 0 Å². The highest BCUT2D eigenvalue weighted by Crippen LogP contribution is 2.29. The van der Waals surface area contributed by atoms with Crippen LogP contribution < -0.4 is 5.32 Å². The number of fused-ring (bicyclic) bond motifs is 1. The molecule has 0 aromatic heterocycles. The minimum absolute atomic E-state index is 0.0411. The lowest BCUT2D eigenvalue weighted by atomic mass is 10.0. The summed E-state index contributed by atoms with van der Waals surface area (Å²) in [5.74, 6) is 1.79. The van der Waals surface area contributed by atoms with Gasteiger partial charge in [0.15, 0.2) is 5.96 Å². The summed E-state index contributed by atoms with van der Waals surface area (Å²) >= 11 is 3.52. The number of hydrogen-bond donors (Lipinski definition) is 2. The Kier molecular flexibility index (Phi) is 6.98. The molecular weight excluding hydrogens is 480 g/mol. The van der Waals surface area contributed by atoms with Crippen molar-refractivity contribution in [3.8, 4) is 5.75 Å². The van der Waals surface area contributed by atoms with Gasteiger partial charge in [-0.05, 0) is 61.6 Å². The van der Waals surface area contributed by atoms with Crippen LogP contribution in [-0.2, 0) is 6.42 Å². The van der Waals surface area contributed by atoms with Gasteiger partial charge in [-0.1, -0.05) is 48.0 Å². The van der Waals surface area contributed by atoms with Crippen molar-refractivity contribution in [1.82, 2.24) is 15.1 Å². The molecule has 4 rings (SSSR count). The van der Waals surface area contributed by atoms with Crippen LogP contribution in [0.15, 0.2) is 51.9 Å². The van der Waals surface area contributed by atoms with Crippen LogP contribution in [0.25, 0.3) is 0 Å². The Morgan fingerprint density at radius 2 is 1.94 bits per heavy atom. The van der Waals surface area contributed by atoms with Gasteiger partial charge in [-0.25, -0.2) is 0 Å². The van der Waals surface area contributed by atoms with Gasteiger partial charge in [-0.2, -0.15) is 0 Å². The normalized spacial score (nSPS) is 20.7. The number of phenols is 1. The number of carbonyl (C=O) groups is 1. The van der Waals surface area contributed by atoms with E-state index in [2.05, 4.69) is 51.8 Å². The number of nitrogens with one attached hydrogen (secondary N) is 1. The SMILES string of the molecule is Cc1ccc(C(=O)NC(C)CN2C3=NCC(C(C)C)N3CC2Cc2ccc(O)cc2)cc1Br. The summed E-state index contributed by atoms with van der Waals surface area (Å²) in [6, 6.07) is 13.8. The summed E-state index contributed by atoms with van der Waals surface area (Å²) < 4.78 is 0.937. The van der Waals surface area contributed by atoms with Gasteiger partial charge < -0.3 is 20.2 Å². The molecule has 0 saturated carbocycles. The maximum Gasteiger partial charge on any atom is 0.251 e. The third kappa shape index (κ3) is 5.18. The zero-order valence-corrected chi connectivity index (χ0v) is 21.3. The Morgan fingerprint density at radius 3 is 2.61 bits per heavy atom. The number of aromatic hydroxyl groups is 1. The van der Waals surface area contributed by atoms with Gasteiger partial charge in [0.1, 0.15) is 5.75 Å². The second-order valence-electron chi connectivity index (χ2n) is 9.62. The molecule has 3 atom stereocenters. The number of aliphatic imine (C=N–C) groups is 1. The summed E-state index contributed by atoms with van der Waals surface area (Å²) in [6.45, 7) is 11.0. The van der Waals surface area contributed by atoms with Gasteiger partial charge in [0, 0.05) is 29.2 Å². The number of nitrogens with zero attached hydrogens (tertiary/aromatic N) is 3. The van der Waals surface area contributed by atoms with E-state index in [0.29, 0.717) is 24.1 Å². The van der Waals surface area contributed by atoms with E-state index in [1.54, 1.807) is 12.1 Å². The molecule has 0 spiro atoms. The van der Waals surface area contributed by atoms with Crippen LogP contribution in [0.5, 0.6) is 5.75 Å². The van der Waals surface area contributed by atoms with E-state index in [1.165, 1.54) is 5.56 Å².